The second kappa shape index (κ2) is 3.91. The number of ether oxygens (including phenoxy) is 1. The van der Waals surface area contributed by atoms with Crippen LogP contribution in [0.15, 0.2) is 24.7 Å². The molecule has 1 heterocycles. The minimum atomic E-state index is 0.693. The maximum absolute atomic E-state index is 5.16. The molecule has 1 radical (unpaired) electrons. The van der Waals surface area contributed by atoms with Crippen molar-refractivity contribution in [2.45, 2.75) is 25.7 Å². The Labute approximate surface area is 101 Å². The minimum absolute atomic E-state index is 0.693. The van der Waals surface area contributed by atoms with Crippen molar-refractivity contribution in [2.75, 3.05) is 7.11 Å². The van der Waals surface area contributed by atoms with Crippen molar-refractivity contribution < 1.29 is 4.74 Å². The first-order chi connectivity index (χ1) is 8.28. The zero-order valence-corrected chi connectivity index (χ0v) is 10.1. The Hall–Kier alpha value is -1.77. The molecule has 1 fully saturated rings. The van der Waals surface area contributed by atoms with Crippen molar-refractivity contribution in [1.82, 2.24) is 9.55 Å². The minimum Gasteiger partial charge on any atom is -0.496 e. The van der Waals surface area contributed by atoms with Gasteiger partial charge in [-0.3, -0.25) is 0 Å². The van der Waals surface area contributed by atoms with E-state index in [0.29, 0.717) is 5.92 Å². The average molecular weight is 227 g/mol. The number of aryl methyl sites for hydroxylation is 1. The van der Waals surface area contributed by atoms with E-state index in [1.165, 1.54) is 24.1 Å². The Balaban J connectivity index is 1.96. The third kappa shape index (κ3) is 1.93. The van der Waals surface area contributed by atoms with Gasteiger partial charge >= 0.3 is 0 Å². The van der Waals surface area contributed by atoms with Gasteiger partial charge in [-0.15, -0.1) is 0 Å². The summed E-state index contributed by atoms with van der Waals surface area (Å²) in [4.78, 5) is 4.46. The lowest BCUT2D eigenvalue weighted by Crippen LogP contribution is -1.95. The molecule has 87 valence electrons. The number of hydrogen-bond acceptors (Lipinski definition) is 2. The molecule has 17 heavy (non-hydrogen) atoms. The summed E-state index contributed by atoms with van der Waals surface area (Å²) in [5, 5.41) is 0. The molecule has 0 N–H and O–H groups in total. The molecule has 0 aliphatic heterocycles. The Morgan fingerprint density at radius 2 is 2.29 bits per heavy atom. The van der Waals surface area contributed by atoms with Gasteiger partial charge in [0.1, 0.15) is 5.75 Å². The van der Waals surface area contributed by atoms with Crippen LogP contribution in [0.4, 0.5) is 0 Å². The SMILES string of the molecule is COc1[c]cc(-n2cnc(C3CC3)c2)c(C)c1. The lowest BCUT2D eigenvalue weighted by atomic mass is 10.2. The molecule has 2 aromatic rings. The molecule has 1 aromatic heterocycles. The molecule has 0 amide bonds. The van der Waals surface area contributed by atoms with Crippen LogP contribution in [0.5, 0.6) is 5.75 Å². The molecule has 0 atom stereocenters. The third-order valence-corrected chi connectivity index (χ3v) is 3.20. The summed E-state index contributed by atoms with van der Waals surface area (Å²) >= 11 is 0. The van der Waals surface area contributed by atoms with E-state index < -0.39 is 0 Å². The van der Waals surface area contributed by atoms with E-state index in [1.54, 1.807) is 7.11 Å². The summed E-state index contributed by atoms with van der Waals surface area (Å²) in [5.41, 5.74) is 3.49. The lowest BCUT2D eigenvalue weighted by molar-refractivity contribution is 0.413. The van der Waals surface area contributed by atoms with Gasteiger partial charge in [0.25, 0.3) is 0 Å². The van der Waals surface area contributed by atoms with E-state index in [1.807, 2.05) is 18.5 Å². The number of benzene rings is 1. The molecule has 3 rings (SSSR count). The van der Waals surface area contributed by atoms with Crippen LogP contribution in [0.1, 0.15) is 30.0 Å². The van der Waals surface area contributed by atoms with Crippen molar-refractivity contribution in [3.8, 4) is 11.4 Å². The molecule has 1 aliphatic carbocycles. The van der Waals surface area contributed by atoms with Gasteiger partial charge in [0.05, 0.1) is 24.8 Å². The number of rotatable bonds is 3. The highest BCUT2D eigenvalue weighted by atomic mass is 16.5. The second-order valence-electron chi connectivity index (χ2n) is 4.55. The summed E-state index contributed by atoms with van der Waals surface area (Å²) < 4.78 is 7.23. The molecule has 0 unspecified atom stereocenters. The standard InChI is InChI=1S/C14H15N2O/c1-10-7-12(17-2)5-6-14(10)16-8-13(15-9-16)11-3-4-11/h6-9,11H,3-4H2,1-2H3. The molecule has 0 bridgehead atoms. The van der Waals surface area contributed by atoms with Crippen LogP contribution in [0, 0.1) is 13.0 Å². The molecular weight excluding hydrogens is 212 g/mol. The van der Waals surface area contributed by atoms with E-state index in [2.05, 4.69) is 28.7 Å². The number of methoxy groups -OCH3 is 1. The molecule has 0 spiro atoms. The van der Waals surface area contributed by atoms with Crippen LogP contribution < -0.4 is 4.74 Å². The van der Waals surface area contributed by atoms with Crippen molar-refractivity contribution in [1.29, 1.82) is 0 Å². The highest BCUT2D eigenvalue weighted by molar-refractivity contribution is 5.44. The summed E-state index contributed by atoms with van der Waals surface area (Å²) in [5.74, 6) is 1.47. The molecule has 3 nitrogen and oxygen atoms in total. The highest BCUT2D eigenvalue weighted by Gasteiger charge is 2.25. The van der Waals surface area contributed by atoms with Gasteiger partial charge in [0.15, 0.2) is 0 Å². The van der Waals surface area contributed by atoms with Gasteiger partial charge in [-0.25, -0.2) is 4.98 Å². The monoisotopic (exact) mass is 227 g/mol. The van der Waals surface area contributed by atoms with Crippen molar-refractivity contribution in [3.63, 3.8) is 0 Å². The predicted molar refractivity (Wildman–Crippen MR) is 65.7 cm³/mol. The van der Waals surface area contributed by atoms with Gasteiger partial charge in [0, 0.05) is 18.2 Å². The fourth-order valence-corrected chi connectivity index (χ4v) is 2.02. The summed E-state index contributed by atoms with van der Waals surface area (Å²) in [6.07, 6.45) is 6.58. The largest absolute Gasteiger partial charge is 0.496 e. The first kappa shape index (κ1) is 10.4. The zero-order chi connectivity index (χ0) is 11.8. The van der Waals surface area contributed by atoms with Gasteiger partial charge in [-0.2, -0.15) is 0 Å². The average Bonchev–Trinajstić information content (AvgIpc) is 3.08. The maximum Gasteiger partial charge on any atom is 0.127 e. The number of aromatic nitrogens is 2. The number of nitrogens with zero attached hydrogens (tertiary/aromatic N) is 2. The Morgan fingerprint density at radius 1 is 1.47 bits per heavy atom. The third-order valence-electron chi connectivity index (χ3n) is 3.20. The van der Waals surface area contributed by atoms with Crippen LogP contribution in [-0.4, -0.2) is 16.7 Å². The summed E-state index contributed by atoms with van der Waals surface area (Å²) in [6, 6.07) is 7.05. The van der Waals surface area contributed by atoms with E-state index in [0.717, 1.165) is 11.4 Å². The van der Waals surface area contributed by atoms with Gasteiger partial charge < -0.3 is 9.30 Å². The fraction of sp³-hybridized carbons (Fsp3) is 0.357. The molecule has 1 aliphatic rings. The fourth-order valence-electron chi connectivity index (χ4n) is 2.02. The van der Waals surface area contributed by atoms with Gasteiger partial charge in [-0.05, 0) is 37.5 Å². The van der Waals surface area contributed by atoms with E-state index >= 15 is 0 Å². The van der Waals surface area contributed by atoms with E-state index in [-0.39, 0.29) is 0 Å². The Bertz CT molecular complexity index is 541. The molecular formula is C14H15N2O. The topological polar surface area (TPSA) is 27.1 Å². The van der Waals surface area contributed by atoms with Gasteiger partial charge in [0.2, 0.25) is 0 Å². The van der Waals surface area contributed by atoms with Crippen LogP contribution >= 0.6 is 0 Å². The van der Waals surface area contributed by atoms with Crippen LogP contribution in [0.3, 0.4) is 0 Å². The van der Waals surface area contributed by atoms with Crippen LogP contribution in [0.2, 0.25) is 0 Å². The quantitative estimate of drug-likeness (QED) is 0.806. The molecule has 1 saturated carbocycles. The van der Waals surface area contributed by atoms with E-state index in [9.17, 15) is 0 Å². The van der Waals surface area contributed by atoms with Crippen molar-refractivity contribution in [3.05, 3.63) is 42.0 Å². The van der Waals surface area contributed by atoms with Crippen molar-refractivity contribution in [2.24, 2.45) is 0 Å². The first-order valence-electron chi connectivity index (χ1n) is 5.88. The summed E-state index contributed by atoms with van der Waals surface area (Å²) in [7, 11) is 1.66. The van der Waals surface area contributed by atoms with Crippen LogP contribution in [-0.2, 0) is 0 Å². The number of imidazole rings is 1. The van der Waals surface area contributed by atoms with Gasteiger partial charge in [-0.1, -0.05) is 0 Å². The van der Waals surface area contributed by atoms with Crippen molar-refractivity contribution >= 4 is 0 Å². The number of hydrogen-bond donors (Lipinski definition) is 0. The summed E-state index contributed by atoms with van der Waals surface area (Å²) in [6.45, 7) is 2.07. The normalized spacial score (nSPS) is 14.9. The molecule has 3 heteroatoms. The maximum atomic E-state index is 5.16. The lowest BCUT2D eigenvalue weighted by Gasteiger charge is -2.07. The Kier molecular flexibility index (Phi) is 2.39. The smallest absolute Gasteiger partial charge is 0.127 e. The van der Waals surface area contributed by atoms with E-state index in [4.69, 9.17) is 4.74 Å². The zero-order valence-electron chi connectivity index (χ0n) is 10.1. The molecule has 0 saturated heterocycles. The first-order valence-corrected chi connectivity index (χ1v) is 5.88. The second-order valence-corrected chi connectivity index (χ2v) is 4.55. The predicted octanol–water partition coefficient (Wildman–Crippen LogP) is 2.87. The highest BCUT2D eigenvalue weighted by Crippen LogP contribution is 2.39. The molecule has 1 aromatic carbocycles. The van der Waals surface area contributed by atoms with Crippen LogP contribution in [0.25, 0.3) is 5.69 Å². The Morgan fingerprint density at radius 3 is 2.94 bits per heavy atom.